The number of methoxy groups -OCH3 is 1. The summed E-state index contributed by atoms with van der Waals surface area (Å²) in [4.78, 5) is 13.1. The molecule has 5 atom stereocenters. The van der Waals surface area contributed by atoms with Crippen LogP contribution < -0.4 is 5.32 Å². The lowest BCUT2D eigenvalue weighted by molar-refractivity contribution is -0.143. The molecule has 1 N–H and O–H groups in total. The lowest BCUT2D eigenvalue weighted by atomic mass is 9.76. The third kappa shape index (κ3) is 2.48. The third-order valence-corrected chi connectivity index (χ3v) is 7.28. The molecule has 3 aromatic carbocycles. The Kier molecular flexibility index (Phi) is 4.62. The minimum atomic E-state index is -0.748. The molecule has 31 heavy (non-hydrogen) atoms. The average Bonchev–Trinajstić information content (AvgIpc) is 3.33. The van der Waals surface area contributed by atoms with Crippen LogP contribution in [0.1, 0.15) is 22.7 Å². The second-order valence-corrected chi connectivity index (χ2v) is 8.58. The fourth-order valence-corrected chi connectivity index (χ4v) is 6.05. The molecule has 5 rings (SSSR count). The number of carbonyl (C=O) groups is 1. The molecule has 1 saturated carbocycles. The van der Waals surface area contributed by atoms with Crippen LogP contribution in [0.15, 0.2) is 84.9 Å². The molecule has 4 nitrogen and oxygen atoms in total. The van der Waals surface area contributed by atoms with Crippen molar-refractivity contribution in [2.75, 3.05) is 7.11 Å². The lowest BCUT2D eigenvalue weighted by Crippen LogP contribution is -2.44. The zero-order chi connectivity index (χ0) is 21.6. The number of nitrogens with one attached hydrogen (secondary N) is 1. The van der Waals surface area contributed by atoms with E-state index in [4.69, 9.17) is 16.3 Å². The van der Waals surface area contributed by atoms with Gasteiger partial charge in [-0.2, -0.15) is 5.26 Å². The summed E-state index contributed by atoms with van der Waals surface area (Å²) in [5.41, 5.74) is 1.60. The minimum Gasteiger partial charge on any atom is -0.468 e. The van der Waals surface area contributed by atoms with Crippen molar-refractivity contribution in [2.45, 2.75) is 22.9 Å². The maximum Gasteiger partial charge on any atom is 0.323 e. The molecular formula is C26H21ClN2O2. The molecule has 0 amide bonds. The monoisotopic (exact) mass is 428 g/mol. The smallest absolute Gasteiger partial charge is 0.323 e. The van der Waals surface area contributed by atoms with Gasteiger partial charge < -0.3 is 4.74 Å². The van der Waals surface area contributed by atoms with Gasteiger partial charge in [0, 0.05) is 16.5 Å². The molecule has 0 bridgehead atoms. The second-order valence-electron chi connectivity index (χ2n) is 8.14. The molecule has 5 heteroatoms. The number of esters is 1. The summed E-state index contributed by atoms with van der Waals surface area (Å²) in [6, 6.07) is 29.2. The standard InChI is InChI=1S/C26H21ClN2O2/c1-31-24(30)23-26(19-10-6-3-7-11-19)21(16-28)25(26,18-8-4-2-5-9-18)22(29-23)17-12-14-20(27)15-13-17/h2-15,21-23,29H,1H3/t21-,22-,23+,25+,26-/m0/s1. The van der Waals surface area contributed by atoms with E-state index in [-0.39, 0.29) is 12.0 Å². The van der Waals surface area contributed by atoms with Crippen molar-refractivity contribution < 1.29 is 9.53 Å². The van der Waals surface area contributed by atoms with Gasteiger partial charge in [0.2, 0.25) is 0 Å². The molecule has 1 saturated heterocycles. The Balaban J connectivity index is 1.82. The molecule has 2 aliphatic rings. The maximum absolute atomic E-state index is 13.1. The van der Waals surface area contributed by atoms with Crippen molar-refractivity contribution in [3.63, 3.8) is 0 Å². The van der Waals surface area contributed by atoms with Crippen LogP contribution in [0.5, 0.6) is 0 Å². The van der Waals surface area contributed by atoms with E-state index in [9.17, 15) is 10.1 Å². The quantitative estimate of drug-likeness (QED) is 0.619. The number of nitriles is 1. The third-order valence-electron chi connectivity index (χ3n) is 7.03. The molecule has 1 aliphatic carbocycles. The number of hydrogen-bond acceptors (Lipinski definition) is 4. The highest BCUT2D eigenvalue weighted by Gasteiger charge is 2.88. The lowest BCUT2D eigenvalue weighted by Gasteiger charge is -2.26. The average molecular weight is 429 g/mol. The van der Waals surface area contributed by atoms with Gasteiger partial charge in [-0.1, -0.05) is 84.4 Å². The van der Waals surface area contributed by atoms with Crippen molar-refractivity contribution in [2.24, 2.45) is 5.92 Å². The Morgan fingerprint density at radius 1 is 0.935 bits per heavy atom. The maximum atomic E-state index is 13.1. The van der Waals surface area contributed by atoms with Crippen LogP contribution in [0.25, 0.3) is 0 Å². The number of nitrogens with zero attached hydrogens (tertiary/aromatic N) is 1. The van der Waals surface area contributed by atoms with E-state index in [2.05, 4.69) is 23.5 Å². The normalized spacial score (nSPS) is 30.8. The summed E-state index contributed by atoms with van der Waals surface area (Å²) < 4.78 is 5.22. The Bertz CT molecular complexity index is 1160. The predicted molar refractivity (Wildman–Crippen MR) is 118 cm³/mol. The highest BCUT2D eigenvalue weighted by molar-refractivity contribution is 6.30. The topological polar surface area (TPSA) is 62.1 Å². The van der Waals surface area contributed by atoms with Crippen molar-refractivity contribution in [3.05, 3.63) is 107 Å². The summed E-state index contributed by atoms with van der Waals surface area (Å²) in [5, 5.41) is 14.6. The number of carbonyl (C=O) groups excluding carboxylic acids is 1. The van der Waals surface area contributed by atoms with Crippen LogP contribution >= 0.6 is 11.6 Å². The molecule has 2 fully saturated rings. The summed E-state index contributed by atoms with van der Waals surface area (Å²) >= 11 is 6.15. The number of hydrogen-bond donors (Lipinski definition) is 1. The Labute approximate surface area is 186 Å². The highest BCUT2D eigenvalue weighted by Crippen LogP contribution is 2.79. The van der Waals surface area contributed by atoms with E-state index in [0.717, 1.165) is 16.7 Å². The molecule has 0 unspecified atom stereocenters. The summed E-state index contributed by atoms with van der Waals surface area (Å²) in [6.45, 7) is 0. The van der Waals surface area contributed by atoms with Crippen LogP contribution in [0, 0.1) is 17.2 Å². The highest BCUT2D eigenvalue weighted by atomic mass is 35.5. The number of fused-ring (bicyclic) bond motifs is 1. The minimum absolute atomic E-state index is 0.263. The van der Waals surface area contributed by atoms with Gasteiger partial charge in [0.15, 0.2) is 0 Å². The van der Waals surface area contributed by atoms with E-state index >= 15 is 0 Å². The summed E-state index contributed by atoms with van der Waals surface area (Å²) in [5.74, 6) is -0.769. The molecular weight excluding hydrogens is 408 g/mol. The molecule has 154 valence electrons. The van der Waals surface area contributed by atoms with Gasteiger partial charge in [-0.15, -0.1) is 0 Å². The molecule has 1 aliphatic heterocycles. The largest absolute Gasteiger partial charge is 0.468 e. The van der Waals surface area contributed by atoms with Crippen molar-refractivity contribution in [3.8, 4) is 6.07 Å². The van der Waals surface area contributed by atoms with Gasteiger partial charge in [0.25, 0.3) is 0 Å². The van der Waals surface area contributed by atoms with E-state index in [1.807, 2.05) is 72.8 Å². The predicted octanol–water partition coefficient (Wildman–Crippen LogP) is 4.56. The van der Waals surface area contributed by atoms with E-state index in [1.54, 1.807) is 0 Å². The first-order valence-corrected chi connectivity index (χ1v) is 10.6. The first-order valence-electron chi connectivity index (χ1n) is 10.2. The van der Waals surface area contributed by atoms with Crippen LogP contribution in [0.3, 0.4) is 0 Å². The van der Waals surface area contributed by atoms with Crippen LogP contribution in [0.2, 0.25) is 5.02 Å². The number of rotatable bonds is 4. The van der Waals surface area contributed by atoms with Crippen molar-refractivity contribution in [1.82, 2.24) is 5.32 Å². The number of halogens is 1. The molecule has 3 aromatic rings. The number of benzene rings is 3. The molecule has 0 spiro atoms. The van der Waals surface area contributed by atoms with E-state index in [1.165, 1.54) is 7.11 Å². The molecule has 0 aromatic heterocycles. The first-order chi connectivity index (χ1) is 15.1. The van der Waals surface area contributed by atoms with Crippen LogP contribution in [0.4, 0.5) is 0 Å². The van der Waals surface area contributed by atoms with Gasteiger partial charge in [0.05, 0.1) is 24.5 Å². The van der Waals surface area contributed by atoms with E-state index in [0.29, 0.717) is 5.02 Å². The molecule has 0 radical (unpaired) electrons. The van der Waals surface area contributed by atoms with Crippen LogP contribution in [-0.2, 0) is 20.4 Å². The van der Waals surface area contributed by atoms with Crippen LogP contribution in [-0.4, -0.2) is 19.1 Å². The van der Waals surface area contributed by atoms with Gasteiger partial charge in [-0.25, -0.2) is 0 Å². The van der Waals surface area contributed by atoms with Crippen molar-refractivity contribution >= 4 is 17.6 Å². The van der Waals surface area contributed by atoms with E-state index < -0.39 is 22.8 Å². The zero-order valence-electron chi connectivity index (χ0n) is 17.0. The van der Waals surface area contributed by atoms with Gasteiger partial charge >= 0.3 is 5.97 Å². The van der Waals surface area contributed by atoms with Gasteiger partial charge in [-0.3, -0.25) is 10.1 Å². The fourth-order valence-electron chi connectivity index (χ4n) is 5.92. The number of ether oxygens (including phenoxy) is 1. The summed E-state index contributed by atoms with van der Waals surface area (Å²) in [6.07, 6.45) is 0. The Morgan fingerprint density at radius 2 is 1.48 bits per heavy atom. The fraction of sp³-hybridized carbons (Fsp3) is 0.231. The SMILES string of the molecule is COC(=O)[C@H]1N[C@@H](c2ccc(Cl)cc2)[C@@]2(c3ccccc3)[C@H](C#N)[C@@]12c1ccccc1. The number of piperidine rings is 1. The second kappa shape index (κ2) is 7.23. The van der Waals surface area contributed by atoms with Gasteiger partial charge in [-0.05, 0) is 28.8 Å². The Morgan fingerprint density at radius 3 is 2.00 bits per heavy atom. The first kappa shape index (κ1) is 19.8. The van der Waals surface area contributed by atoms with Crippen molar-refractivity contribution in [1.29, 1.82) is 5.26 Å². The molecule has 1 heterocycles. The summed E-state index contributed by atoms with van der Waals surface area (Å²) in [7, 11) is 1.40. The zero-order valence-corrected chi connectivity index (χ0v) is 17.7. The Hall–Kier alpha value is -3.13. The van der Waals surface area contributed by atoms with Gasteiger partial charge in [0.1, 0.15) is 6.04 Å².